The topological polar surface area (TPSA) is 74.7 Å². The molecular weight excluding hydrogens is 398 g/mol. The fourth-order valence-corrected chi connectivity index (χ4v) is 3.92. The largest absolute Gasteiger partial charge is 0.355 e. The molecule has 160 valence electrons. The van der Waals surface area contributed by atoms with Gasteiger partial charge in [0, 0.05) is 48.5 Å². The van der Waals surface area contributed by atoms with Crippen LogP contribution in [0.15, 0.2) is 84.9 Å². The summed E-state index contributed by atoms with van der Waals surface area (Å²) in [5, 5.41) is 14.1. The lowest BCUT2D eigenvalue weighted by Crippen LogP contribution is -1.79. The number of nitrogens with one attached hydrogen (secondary N) is 2. The number of nitro groups is 1. The molecule has 0 saturated carbocycles. The highest BCUT2D eigenvalue weighted by Crippen LogP contribution is 2.27. The highest BCUT2D eigenvalue weighted by Gasteiger charge is 2.03. The van der Waals surface area contributed by atoms with E-state index in [9.17, 15) is 0 Å². The Bertz CT molecular complexity index is 1430. The van der Waals surface area contributed by atoms with Gasteiger partial charge >= 0.3 is 0 Å². The van der Waals surface area contributed by atoms with E-state index in [2.05, 4.69) is 109 Å². The van der Waals surface area contributed by atoms with Crippen LogP contribution >= 0.6 is 0 Å². The minimum Gasteiger partial charge on any atom is -0.355 e. The quantitative estimate of drug-likeness (QED) is 0.201. The maximum Gasteiger partial charge on any atom is 0.194 e. The van der Waals surface area contributed by atoms with Crippen molar-refractivity contribution in [3.63, 3.8) is 0 Å². The number of hydrogen-bond donors (Lipinski definition) is 2. The number of rotatable bonds is 0. The van der Waals surface area contributed by atoms with E-state index in [1.54, 1.807) is 0 Å². The first-order chi connectivity index (χ1) is 15.4. The molecule has 0 unspecified atom stereocenters. The van der Waals surface area contributed by atoms with Crippen molar-refractivity contribution >= 4 is 43.6 Å². The SMILES string of the molecule is C[N+](=O)[O-].Cc1ccc2[nH]c3ccc(C)cc3c2c1.c1ccc2c(c1)[nH]c1ccccc12. The van der Waals surface area contributed by atoms with Crippen molar-refractivity contribution in [2.24, 2.45) is 0 Å². The van der Waals surface area contributed by atoms with Gasteiger partial charge in [0.1, 0.15) is 0 Å². The molecule has 0 aliphatic rings. The summed E-state index contributed by atoms with van der Waals surface area (Å²) in [5.74, 6) is 0. The van der Waals surface area contributed by atoms with Crippen LogP contribution in [0.2, 0.25) is 0 Å². The lowest BCUT2D eigenvalue weighted by atomic mass is 10.1. The molecule has 6 aromatic rings. The average Bonchev–Trinajstić information content (AvgIpc) is 3.32. The van der Waals surface area contributed by atoms with Gasteiger partial charge in [-0.05, 0) is 50.2 Å². The average molecular weight is 424 g/mol. The van der Waals surface area contributed by atoms with Crippen LogP contribution in [0.4, 0.5) is 0 Å². The maximum atomic E-state index is 8.81. The van der Waals surface area contributed by atoms with Gasteiger partial charge in [-0.2, -0.15) is 0 Å². The summed E-state index contributed by atoms with van der Waals surface area (Å²) in [7, 11) is 0.889. The van der Waals surface area contributed by atoms with Crippen LogP contribution in [0.3, 0.4) is 0 Å². The molecule has 2 heterocycles. The molecule has 0 spiro atoms. The minimum absolute atomic E-state index is 0.500. The Morgan fingerprint density at radius 3 is 1.34 bits per heavy atom. The summed E-state index contributed by atoms with van der Waals surface area (Å²) in [5.41, 5.74) is 7.49. The number of aromatic amines is 2. The van der Waals surface area contributed by atoms with Crippen LogP contribution < -0.4 is 0 Å². The standard InChI is InChI=1S/C14H13N.C12H9N.CH3NO2/c1-9-3-5-13-11(7-9)12-8-10(2)4-6-14(12)15-13;1-3-7-11-9(5-1)10-6-2-4-8-12(10)13-11;1-2(3)4/h3-8,15H,1-2H3;1-8,13H;1H3. The number of H-pyrrole nitrogens is 2. The summed E-state index contributed by atoms with van der Waals surface area (Å²) in [6.45, 7) is 4.27. The third-order valence-corrected chi connectivity index (χ3v) is 5.32. The molecular formula is C27H25N3O2. The van der Waals surface area contributed by atoms with Crippen molar-refractivity contribution in [1.82, 2.24) is 9.97 Å². The first-order valence-electron chi connectivity index (χ1n) is 10.4. The summed E-state index contributed by atoms with van der Waals surface area (Å²) in [4.78, 5) is 15.1. The number of nitrogens with zero attached hydrogens (tertiary/aromatic N) is 1. The number of aryl methyl sites for hydroxylation is 2. The first kappa shape index (κ1) is 21.1. The Morgan fingerprint density at radius 1 is 0.594 bits per heavy atom. The molecule has 0 saturated heterocycles. The van der Waals surface area contributed by atoms with Gasteiger partial charge in [-0.3, -0.25) is 10.1 Å². The molecule has 5 nitrogen and oxygen atoms in total. The molecule has 32 heavy (non-hydrogen) atoms. The summed E-state index contributed by atoms with van der Waals surface area (Å²) in [6.07, 6.45) is 0. The Balaban J connectivity index is 0.000000133. The van der Waals surface area contributed by atoms with E-state index in [4.69, 9.17) is 10.1 Å². The second kappa shape index (κ2) is 8.94. The van der Waals surface area contributed by atoms with Gasteiger partial charge in [-0.15, -0.1) is 0 Å². The van der Waals surface area contributed by atoms with E-state index < -0.39 is 4.92 Å². The smallest absolute Gasteiger partial charge is 0.194 e. The maximum absolute atomic E-state index is 8.81. The Kier molecular flexibility index (Phi) is 5.90. The van der Waals surface area contributed by atoms with E-state index in [0.717, 1.165) is 7.05 Å². The van der Waals surface area contributed by atoms with Crippen molar-refractivity contribution in [3.05, 3.63) is 106 Å². The highest BCUT2D eigenvalue weighted by atomic mass is 16.6. The number of hydrogen-bond acceptors (Lipinski definition) is 2. The molecule has 0 atom stereocenters. The molecule has 6 rings (SSSR count). The second-order valence-electron chi connectivity index (χ2n) is 7.88. The predicted octanol–water partition coefficient (Wildman–Crippen LogP) is 7.15. The summed E-state index contributed by atoms with van der Waals surface area (Å²) in [6, 6.07) is 29.8. The van der Waals surface area contributed by atoms with Crippen molar-refractivity contribution in [2.75, 3.05) is 7.05 Å². The van der Waals surface area contributed by atoms with Gasteiger partial charge in [0.2, 0.25) is 0 Å². The molecule has 0 amide bonds. The van der Waals surface area contributed by atoms with Crippen LogP contribution in [0.25, 0.3) is 43.6 Å². The molecule has 0 bridgehead atoms. The zero-order valence-electron chi connectivity index (χ0n) is 18.3. The van der Waals surface area contributed by atoms with Crippen LogP contribution in [0.5, 0.6) is 0 Å². The van der Waals surface area contributed by atoms with Gasteiger partial charge in [-0.25, -0.2) is 0 Å². The second-order valence-corrected chi connectivity index (χ2v) is 7.88. The number of benzene rings is 4. The number of aromatic nitrogens is 2. The minimum atomic E-state index is -0.500. The van der Waals surface area contributed by atoms with E-state index >= 15 is 0 Å². The lowest BCUT2D eigenvalue weighted by Gasteiger charge is -1.94. The zero-order valence-corrected chi connectivity index (χ0v) is 18.3. The van der Waals surface area contributed by atoms with E-state index in [1.807, 2.05) is 0 Å². The molecule has 4 aromatic carbocycles. The monoisotopic (exact) mass is 423 g/mol. The van der Waals surface area contributed by atoms with Gasteiger partial charge < -0.3 is 9.97 Å². The van der Waals surface area contributed by atoms with Gasteiger partial charge in [0.05, 0.1) is 0 Å². The van der Waals surface area contributed by atoms with Crippen LogP contribution in [-0.4, -0.2) is 21.9 Å². The van der Waals surface area contributed by atoms with Crippen molar-refractivity contribution < 1.29 is 4.92 Å². The highest BCUT2D eigenvalue weighted by molar-refractivity contribution is 6.08. The summed E-state index contributed by atoms with van der Waals surface area (Å²) >= 11 is 0. The Hall–Kier alpha value is -4.12. The number of fused-ring (bicyclic) bond motifs is 6. The van der Waals surface area contributed by atoms with Gasteiger partial charge in [-0.1, -0.05) is 59.7 Å². The van der Waals surface area contributed by atoms with Gasteiger partial charge in [0.15, 0.2) is 7.05 Å². The van der Waals surface area contributed by atoms with Crippen LogP contribution in [0, 0.1) is 24.0 Å². The Morgan fingerprint density at radius 2 is 0.938 bits per heavy atom. The molecule has 5 heteroatoms. The Labute approximate surface area is 185 Å². The first-order valence-corrected chi connectivity index (χ1v) is 10.4. The third kappa shape index (κ3) is 4.47. The number of para-hydroxylation sites is 2. The van der Waals surface area contributed by atoms with Gasteiger partial charge in [0.25, 0.3) is 0 Å². The van der Waals surface area contributed by atoms with Crippen molar-refractivity contribution in [2.45, 2.75) is 13.8 Å². The molecule has 2 N–H and O–H groups in total. The molecule has 0 aliphatic carbocycles. The zero-order chi connectivity index (χ0) is 22.7. The fraction of sp³-hybridized carbons (Fsp3) is 0.111. The lowest BCUT2D eigenvalue weighted by molar-refractivity contribution is -0.445. The molecule has 0 aliphatic heterocycles. The van der Waals surface area contributed by atoms with E-state index in [1.165, 1.54) is 54.7 Å². The van der Waals surface area contributed by atoms with Crippen molar-refractivity contribution in [1.29, 1.82) is 0 Å². The molecule has 2 aromatic heterocycles. The van der Waals surface area contributed by atoms with Crippen LogP contribution in [0.1, 0.15) is 11.1 Å². The fourth-order valence-electron chi connectivity index (χ4n) is 3.92. The third-order valence-electron chi connectivity index (χ3n) is 5.32. The van der Waals surface area contributed by atoms with Crippen molar-refractivity contribution in [3.8, 4) is 0 Å². The molecule has 0 fully saturated rings. The van der Waals surface area contributed by atoms with Crippen LogP contribution in [-0.2, 0) is 0 Å². The molecule has 0 radical (unpaired) electrons. The predicted molar refractivity (Wildman–Crippen MR) is 134 cm³/mol. The van der Waals surface area contributed by atoms with E-state index in [-0.39, 0.29) is 0 Å². The van der Waals surface area contributed by atoms with E-state index in [0.29, 0.717) is 0 Å². The normalized spacial score (nSPS) is 10.6. The summed E-state index contributed by atoms with van der Waals surface area (Å²) < 4.78 is 0.